The van der Waals surface area contributed by atoms with Gasteiger partial charge in [0.05, 0.1) is 31.7 Å². The normalized spacial score (nSPS) is 11.1. The van der Waals surface area contributed by atoms with Gasteiger partial charge in [0.15, 0.2) is 0 Å². The predicted octanol–water partition coefficient (Wildman–Crippen LogP) is 5.72. The highest BCUT2D eigenvalue weighted by Crippen LogP contribution is 2.31. The predicted molar refractivity (Wildman–Crippen MR) is 132 cm³/mol. The van der Waals surface area contributed by atoms with Gasteiger partial charge in [0.1, 0.15) is 11.5 Å². The van der Waals surface area contributed by atoms with Gasteiger partial charge < -0.3 is 19.8 Å². The number of nitrogens with one attached hydrogen (secondary N) is 3. The summed E-state index contributed by atoms with van der Waals surface area (Å²) in [6.07, 6.45) is -1.91. The van der Waals surface area contributed by atoms with Crippen molar-refractivity contribution < 1.29 is 22.3 Å². The van der Waals surface area contributed by atoms with Gasteiger partial charge in [-0.1, -0.05) is 18.2 Å². The molecule has 0 bridgehead atoms. The quantitative estimate of drug-likeness (QED) is 0.190. The fraction of sp³-hybridized carbons (Fsp3) is 0.130. The van der Waals surface area contributed by atoms with Gasteiger partial charge in [0.2, 0.25) is 17.8 Å². The summed E-state index contributed by atoms with van der Waals surface area (Å²) >= 11 is 0. The van der Waals surface area contributed by atoms with Crippen molar-refractivity contribution in [2.45, 2.75) is 12.7 Å². The molecule has 0 spiro atoms. The van der Waals surface area contributed by atoms with Crippen molar-refractivity contribution in [2.24, 2.45) is 5.10 Å². The van der Waals surface area contributed by atoms with Crippen molar-refractivity contribution in [2.75, 3.05) is 23.2 Å². The lowest BCUT2D eigenvalue weighted by Crippen LogP contribution is -2.10. The number of hydrogen-bond donors (Lipinski definition) is 3. The summed E-state index contributed by atoms with van der Waals surface area (Å²) in [6, 6.07) is 15.7. The Labute approximate surface area is 210 Å². The minimum atomic E-state index is -4.51. The van der Waals surface area contributed by atoms with E-state index in [-0.39, 0.29) is 35.8 Å². The zero-order valence-corrected chi connectivity index (χ0v) is 19.6. The molecule has 2 aromatic heterocycles. The van der Waals surface area contributed by atoms with Gasteiger partial charge in [-0.3, -0.25) is 0 Å². The maximum Gasteiger partial charge on any atom is 0.417 e. The van der Waals surface area contributed by atoms with Crippen LogP contribution in [0.15, 0.2) is 76.4 Å². The van der Waals surface area contributed by atoms with E-state index in [0.717, 1.165) is 12.3 Å². The van der Waals surface area contributed by atoms with E-state index in [0.29, 0.717) is 23.7 Å². The molecule has 2 heterocycles. The van der Waals surface area contributed by atoms with Gasteiger partial charge in [-0.2, -0.15) is 33.2 Å². The molecule has 0 aliphatic rings. The topological polar surface area (TPSA) is 109 Å². The minimum absolute atomic E-state index is 0. The maximum atomic E-state index is 13.2. The van der Waals surface area contributed by atoms with Gasteiger partial charge in [-0.05, 0) is 42.5 Å². The van der Waals surface area contributed by atoms with Gasteiger partial charge >= 0.3 is 6.18 Å². The van der Waals surface area contributed by atoms with E-state index in [1.165, 1.54) is 18.2 Å². The van der Waals surface area contributed by atoms with Gasteiger partial charge in [0, 0.05) is 11.3 Å². The van der Waals surface area contributed by atoms with Crippen molar-refractivity contribution in [3.05, 3.63) is 83.8 Å². The fourth-order valence-electron chi connectivity index (χ4n) is 2.97. The molecule has 13 heteroatoms. The Hall–Kier alpha value is -4.32. The number of nitrogens with zero attached hydrogens (tertiary/aromatic N) is 4. The zero-order chi connectivity index (χ0) is 24.7. The molecule has 0 unspecified atom stereocenters. The standard InChI is InChI=1S/C23H20F3N7O2.ClH/c1-34-17-10-8-16(9-11-17)29-21-30-20(27-14-18-6-4-12-35-18)31-22(32-21)33-28-13-15-5-2-3-7-19(15)23(24,25)26;/h2-13H,14H2,1H3,(H3,27,29,30,31,32,33);1H/b28-13+;. The molecule has 0 radical (unpaired) electrons. The number of anilines is 4. The van der Waals surface area contributed by atoms with E-state index in [1.807, 2.05) is 0 Å². The van der Waals surface area contributed by atoms with Crippen LogP contribution in [0.4, 0.5) is 36.7 Å². The highest BCUT2D eigenvalue weighted by molar-refractivity contribution is 5.85. The van der Waals surface area contributed by atoms with Crippen LogP contribution in [-0.4, -0.2) is 28.3 Å². The first-order valence-corrected chi connectivity index (χ1v) is 10.3. The van der Waals surface area contributed by atoms with Gasteiger partial charge in [-0.15, -0.1) is 12.4 Å². The second-order valence-electron chi connectivity index (χ2n) is 7.05. The SMILES string of the molecule is COc1ccc(Nc2nc(NCc3ccco3)nc(N/N=C/c3ccccc3C(F)(F)F)n2)cc1.Cl. The van der Waals surface area contributed by atoms with E-state index < -0.39 is 11.7 Å². The summed E-state index contributed by atoms with van der Waals surface area (Å²) < 4.78 is 50.1. The summed E-state index contributed by atoms with van der Waals surface area (Å²) in [5.74, 6) is 1.73. The van der Waals surface area contributed by atoms with Crippen LogP contribution < -0.4 is 20.8 Å². The second kappa shape index (κ2) is 11.9. The van der Waals surface area contributed by atoms with Crippen molar-refractivity contribution >= 4 is 42.2 Å². The Bertz CT molecular complexity index is 1280. The summed E-state index contributed by atoms with van der Waals surface area (Å²) in [5, 5.41) is 9.95. The van der Waals surface area contributed by atoms with Crippen LogP contribution in [-0.2, 0) is 12.7 Å². The molecule has 0 aliphatic carbocycles. The lowest BCUT2D eigenvalue weighted by atomic mass is 10.1. The van der Waals surface area contributed by atoms with Crippen molar-refractivity contribution in [1.82, 2.24) is 15.0 Å². The van der Waals surface area contributed by atoms with E-state index in [9.17, 15) is 13.2 Å². The van der Waals surface area contributed by atoms with E-state index >= 15 is 0 Å². The first kappa shape index (κ1) is 26.3. The number of furan rings is 1. The molecule has 188 valence electrons. The Balaban J connectivity index is 0.00000361. The van der Waals surface area contributed by atoms with Crippen LogP contribution in [0.5, 0.6) is 5.75 Å². The van der Waals surface area contributed by atoms with Gasteiger partial charge in [-0.25, -0.2) is 5.43 Å². The first-order chi connectivity index (χ1) is 16.9. The summed E-state index contributed by atoms with van der Waals surface area (Å²) in [4.78, 5) is 12.8. The summed E-state index contributed by atoms with van der Waals surface area (Å²) in [7, 11) is 1.57. The third-order valence-corrected chi connectivity index (χ3v) is 4.62. The lowest BCUT2D eigenvalue weighted by molar-refractivity contribution is -0.137. The fourth-order valence-corrected chi connectivity index (χ4v) is 2.97. The van der Waals surface area contributed by atoms with E-state index in [2.05, 4.69) is 36.1 Å². The molecule has 4 rings (SSSR count). The van der Waals surface area contributed by atoms with Crippen LogP contribution >= 0.6 is 12.4 Å². The Morgan fingerprint density at radius 1 is 0.944 bits per heavy atom. The zero-order valence-electron chi connectivity index (χ0n) is 18.8. The Kier molecular flexibility index (Phi) is 8.68. The summed E-state index contributed by atoms with van der Waals surface area (Å²) in [6.45, 7) is 0.306. The number of benzene rings is 2. The number of rotatable bonds is 9. The molecule has 36 heavy (non-hydrogen) atoms. The van der Waals surface area contributed by atoms with Crippen LogP contribution in [0.2, 0.25) is 0 Å². The number of methoxy groups -OCH3 is 1. The number of hydrazone groups is 1. The molecule has 3 N–H and O–H groups in total. The molecule has 0 amide bonds. The molecule has 0 fully saturated rings. The third kappa shape index (κ3) is 7.09. The lowest BCUT2D eigenvalue weighted by Gasteiger charge is -2.10. The number of alkyl halides is 3. The average molecular weight is 520 g/mol. The molecule has 0 aliphatic heterocycles. The smallest absolute Gasteiger partial charge is 0.417 e. The number of hydrogen-bond acceptors (Lipinski definition) is 9. The number of ether oxygens (including phenoxy) is 1. The van der Waals surface area contributed by atoms with E-state index in [1.54, 1.807) is 49.8 Å². The Morgan fingerprint density at radius 2 is 1.67 bits per heavy atom. The van der Waals surface area contributed by atoms with Gasteiger partial charge in [0.25, 0.3) is 0 Å². The molecular weight excluding hydrogens is 499 g/mol. The largest absolute Gasteiger partial charge is 0.497 e. The Morgan fingerprint density at radius 3 is 2.36 bits per heavy atom. The van der Waals surface area contributed by atoms with Crippen LogP contribution in [0.3, 0.4) is 0 Å². The van der Waals surface area contributed by atoms with Crippen LogP contribution in [0.1, 0.15) is 16.9 Å². The molecule has 0 saturated carbocycles. The minimum Gasteiger partial charge on any atom is -0.497 e. The molecule has 0 atom stereocenters. The first-order valence-electron chi connectivity index (χ1n) is 10.3. The molecular formula is C23H21ClF3N7O2. The number of aromatic nitrogens is 3. The van der Waals surface area contributed by atoms with Crippen LogP contribution in [0.25, 0.3) is 0 Å². The number of halogens is 4. The maximum absolute atomic E-state index is 13.2. The molecule has 4 aromatic rings. The third-order valence-electron chi connectivity index (χ3n) is 4.62. The second-order valence-corrected chi connectivity index (χ2v) is 7.05. The molecule has 2 aromatic carbocycles. The van der Waals surface area contributed by atoms with E-state index in [4.69, 9.17) is 9.15 Å². The highest BCUT2D eigenvalue weighted by atomic mass is 35.5. The summed E-state index contributed by atoms with van der Waals surface area (Å²) in [5.41, 5.74) is 2.34. The highest BCUT2D eigenvalue weighted by Gasteiger charge is 2.32. The van der Waals surface area contributed by atoms with Crippen molar-refractivity contribution in [1.29, 1.82) is 0 Å². The average Bonchev–Trinajstić information content (AvgIpc) is 3.37. The molecule has 0 saturated heterocycles. The van der Waals surface area contributed by atoms with Crippen molar-refractivity contribution in [3.8, 4) is 5.75 Å². The molecule has 9 nitrogen and oxygen atoms in total. The monoisotopic (exact) mass is 519 g/mol. The van der Waals surface area contributed by atoms with Crippen molar-refractivity contribution in [3.63, 3.8) is 0 Å². The van der Waals surface area contributed by atoms with Crippen LogP contribution in [0, 0.1) is 0 Å².